The van der Waals surface area contributed by atoms with Gasteiger partial charge in [0.15, 0.2) is 5.85 Å². The molecule has 0 aromatic carbocycles. The highest BCUT2D eigenvalue weighted by Gasteiger charge is 2.39. The molecule has 0 aliphatic rings. The lowest BCUT2D eigenvalue weighted by atomic mass is 10.1. The number of aliphatic hydroxyl groups excluding tert-OH is 1. The molecule has 0 rings (SSSR count). The molecule has 1 N–H and O–H groups in total. The van der Waals surface area contributed by atoms with Crippen molar-refractivity contribution in [3.8, 4) is 0 Å². The Labute approximate surface area is 116 Å². The van der Waals surface area contributed by atoms with Gasteiger partial charge in [-0.3, -0.25) is 0 Å². The van der Waals surface area contributed by atoms with Crippen LogP contribution in [0.5, 0.6) is 0 Å². The fourth-order valence-electron chi connectivity index (χ4n) is 2.86. The van der Waals surface area contributed by atoms with Crippen LogP contribution in [-0.2, 0) is 0 Å². The molecule has 0 aliphatic carbocycles. The predicted octanol–water partition coefficient (Wildman–Crippen LogP) is 5.52. The highest BCUT2D eigenvalue weighted by molar-refractivity contribution is 7.76. The molecule has 1 unspecified atom stereocenters. The Morgan fingerprint density at radius 3 is 1.61 bits per heavy atom. The van der Waals surface area contributed by atoms with Gasteiger partial charge in [-0.1, -0.05) is 45.4 Å². The normalized spacial score (nSPS) is 13.8. The number of unbranched alkanes of at least 4 members (excludes halogenated alkanes) is 6. The van der Waals surface area contributed by atoms with E-state index >= 15 is 0 Å². The molecule has 0 spiro atoms. The van der Waals surface area contributed by atoms with E-state index in [1.165, 1.54) is 63.4 Å². The zero-order valence-corrected chi connectivity index (χ0v) is 14.1. The molecule has 1 nitrogen and oxygen atoms in total. The average molecular weight is 275 g/mol. The van der Waals surface area contributed by atoms with E-state index in [1.54, 1.807) is 0 Å². The minimum Gasteiger partial charge on any atom is -0.359 e. The maximum absolute atomic E-state index is 10.4. The van der Waals surface area contributed by atoms with Crippen LogP contribution in [-0.4, -0.2) is 29.4 Å². The summed E-state index contributed by atoms with van der Waals surface area (Å²) in [4.78, 5) is 0. The van der Waals surface area contributed by atoms with Crippen LogP contribution in [0.3, 0.4) is 0 Å². The van der Waals surface area contributed by atoms with Crippen LogP contribution in [0.2, 0.25) is 0 Å². The van der Waals surface area contributed by atoms with Gasteiger partial charge in [0.2, 0.25) is 0 Å². The third-order valence-corrected chi connectivity index (χ3v) is 9.89. The SMILES string of the molecule is CCCCCCCCCC(O)[P+](CC)(CC)CC. The fourth-order valence-corrected chi connectivity index (χ4v) is 6.20. The standard InChI is InChI=1S/C16H36OP/c1-5-9-10-11-12-13-14-15-16(17)18(6-2,7-3)8-4/h16-17H,5-15H2,1-4H3/q+1. The van der Waals surface area contributed by atoms with Crippen LogP contribution in [0.1, 0.15) is 79.1 Å². The second-order valence-corrected chi connectivity index (χ2v) is 10.5. The zero-order chi connectivity index (χ0) is 13.9. The number of rotatable bonds is 12. The first kappa shape index (κ1) is 18.4. The minimum absolute atomic E-state index is 0.0214. The summed E-state index contributed by atoms with van der Waals surface area (Å²) in [6, 6.07) is 0. The molecule has 18 heavy (non-hydrogen) atoms. The first-order valence-corrected chi connectivity index (χ1v) is 10.6. The summed E-state index contributed by atoms with van der Waals surface area (Å²) in [5.41, 5.74) is 0. The van der Waals surface area contributed by atoms with Crippen molar-refractivity contribution >= 4 is 7.26 Å². The molecular weight excluding hydrogens is 239 g/mol. The number of hydrogen-bond donors (Lipinski definition) is 1. The molecule has 0 aromatic heterocycles. The summed E-state index contributed by atoms with van der Waals surface area (Å²) in [6.45, 7) is 9.08. The Balaban J connectivity index is 3.71. The van der Waals surface area contributed by atoms with Gasteiger partial charge in [0, 0.05) is 13.7 Å². The van der Waals surface area contributed by atoms with Crippen molar-refractivity contribution in [2.24, 2.45) is 0 Å². The average Bonchev–Trinajstić information content (AvgIpc) is 2.40. The van der Waals surface area contributed by atoms with E-state index in [0.717, 1.165) is 6.42 Å². The van der Waals surface area contributed by atoms with Gasteiger partial charge in [-0.05, 0) is 27.2 Å². The Kier molecular flexibility index (Phi) is 11.5. The maximum atomic E-state index is 10.4. The molecule has 0 saturated heterocycles. The molecule has 0 heterocycles. The van der Waals surface area contributed by atoms with Crippen LogP contribution >= 0.6 is 7.26 Å². The van der Waals surface area contributed by atoms with E-state index in [9.17, 15) is 5.11 Å². The third-order valence-electron chi connectivity index (χ3n) is 4.59. The lowest BCUT2D eigenvalue weighted by Gasteiger charge is -2.28. The summed E-state index contributed by atoms with van der Waals surface area (Å²) in [5.74, 6) is 0.0214. The van der Waals surface area contributed by atoms with E-state index in [4.69, 9.17) is 0 Å². The summed E-state index contributed by atoms with van der Waals surface area (Å²) >= 11 is 0. The van der Waals surface area contributed by atoms with Crippen LogP contribution < -0.4 is 0 Å². The van der Waals surface area contributed by atoms with E-state index < -0.39 is 7.26 Å². The monoisotopic (exact) mass is 275 g/mol. The van der Waals surface area contributed by atoms with Gasteiger partial charge in [-0.2, -0.15) is 0 Å². The second kappa shape index (κ2) is 11.2. The Morgan fingerprint density at radius 2 is 1.17 bits per heavy atom. The molecule has 110 valence electrons. The van der Waals surface area contributed by atoms with Gasteiger partial charge in [-0.25, -0.2) is 0 Å². The smallest absolute Gasteiger partial charge is 0.164 e. The van der Waals surface area contributed by atoms with Crippen LogP contribution in [0.4, 0.5) is 0 Å². The summed E-state index contributed by atoms with van der Waals surface area (Å²) in [7, 11) is -1.04. The van der Waals surface area contributed by atoms with Crippen molar-refractivity contribution in [1.29, 1.82) is 0 Å². The lowest BCUT2D eigenvalue weighted by Crippen LogP contribution is -2.19. The van der Waals surface area contributed by atoms with Crippen LogP contribution in [0.25, 0.3) is 0 Å². The molecule has 0 bridgehead atoms. The highest BCUT2D eigenvalue weighted by Crippen LogP contribution is 2.62. The molecule has 0 amide bonds. The van der Waals surface area contributed by atoms with Crippen molar-refractivity contribution in [1.82, 2.24) is 0 Å². The van der Waals surface area contributed by atoms with Gasteiger partial charge in [0.05, 0.1) is 18.5 Å². The number of aliphatic hydroxyl groups is 1. The summed E-state index contributed by atoms with van der Waals surface area (Å²) < 4.78 is 0. The van der Waals surface area contributed by atoms with Gasteiger partial charge in [-0.15, -0.1) is 0 Å². The van der Waals surface area contributed by atoms with Crippen LogP contribution in [0.15, 0.2) is 0 Å². The van der Waals surface area contributed by atoms with Gasteiger partial charge in [0.1, 0.15) is 0 Å². The zero-order valence-electron chi connectivity index (χ0n) is 13.2. The fraction of sp³-hybridized carbons (Fsp3) is 1.00. The van der Waals surface area contributed by atoms with E-state index in [-0.39, 0.29) is 5.85 Å². The first-order chi connectivity index (χ1) is 8.66. The third kappa shape index (κ3) is 6.53. The lowest BCUT2D eigenvalue weighted by molar-refractivity contribution is 0.237. The molecule has 0 aromatic rings. The summed E-state index contributed by atoms with van der Waals surface area (Å²) in [5, 5.41) is 10.4. The van der Waals surface area contributed by atoms with Crippen molar-refractivity contribution < 1.29 is 5.11 Å². The van der Waals surface area contributed by atoms with Gasteiger partial charge >= 0.3 is 0 Å². The van der Waals surface area contributed by atoms with Gasteiger partial charge in [0.25, 0.3) is 0 Å². The van der Waals surface area contributed by atoms with E-state index in [0.29, 0.717) is 0 Å². The largest absolute Gasteiger partial charge is 0.359 e. The van der Waals surface area contributed by atoms with Crippen molar-refractivity contribution in [2.75, 3.05) is 18.5 Å². The highest BCUT2D eigenvalue weighted by atomic mass is 31.2. The molecular formula is C16H36OP+. The molecule has 0 radical (unpaired) electrons. The Hall–Kier alpha value is 0.390. The molecule has 0 saturated carbocycles. The quantitative estimate of drug-likeness (QED) is 0.367. The Morgan fingerprint density at radius 1 is 0.722 bits per heavy atom. The van der Waals surface area contributed by atoms with Crippen molar-refractivity contribution in [2.45, 2.75) is 84.9 Å². The summed E-state index contributed by atoms with van der Waals surface area (Å²) in [6.07, 6.45) is 14.1. The second-order valence-electron chi connectivity index (χ2n) is 5.56. The molecule has 2 heteroatoms. The Bertz CT molecular complexity index is 170. The van der Waals surface area contributed by atoms with Crippen molar-refractivity contribution in [3.63, 3.8) is 0 Å². The van der Waals surface area contributed by atoms with Crippen LogP contribution in [0, 0.1) is 0 Å². The van der Waals surface area contributed by atoms with Crippen molar-refractivity contribution in [3.05, 3.63) is 0 Å². The topological polar surface area (TPSA) is 20.2 Å². The molecule has 0 aliphatic heterocycles. The minimum atomic E-state index is -1.04. The van der Waals surface area contributed by atoms with Gasteiger partial charge < -0.3 is 5.11 Å². The van der Waals surface area contributed by atoms with E-state index in [2.05, 4.69) is 27.7 Å². The van der Waals surface area contributed by atoms with E-state index in [1.807, 2.05) is 0 Å². The number of hydrogen-bond acceptors (Lipinski definition) is 1. The predicted molar refractivity (Wildman–Crippen MR) is 87.2 cm³/mol. The first-order valence-electron chi connectivity index (χ1n) is 8.20. The molecule has 1 atom stereocenters. The molecule has 0 fully saturated rings. The maximum Gasteiger partial charge on any atom is 0.164 e.